The number of hydrogen-bond donors (Lipinski definition) is 1. The van der Waals surface area contributed by atoms with Gasteiger partial charge in [0.05, 0.1) is 16.6 Å². The van der Waals surface area contributed by atoms with Gasteiger partial charge >= 0.3 is 0 Å². The lowest BCUT2D eigenvalue weighted by molar-refractivity contribution is 0.102. The van der Waals surface area contributed by atoms with E-state index in [0.29, 0.717) is 5.95 Å². The number of carbonyl (C=O) groups excluding carboxylic acids is 1. The van der Waals surface area contributed by atoms with Gasteiger partial charge in [-0.25, -0.2) is 9.37 Å². The molecule has 5 nitrogen and oxygen atoms in total. The van der Waals surface area contributed by atoms with E-state index in [1.54, 1.807) is 12.1 Å². The minimum atomic E-state index is -0.537. The minimum absolute atomic E-state index is 0.0191. The Hall–Kier alpha value is -2.73. The third-order valence-electron chi connectivity index (χ3n) is 4.84. The van der Waals surface area contributed by atoms with Crippen LogP contribution in [0.1, 0.15) is 23.2 Å². The molecule has 0 radical (unpaired) electrons. The molecule has 0 saturated carbocycles. The highest BCUT2D eigenvalue weighted by Gasteiger charge is 2.18. The Balaban J connectivity index is 1.62. The molecule has 1 saturated heterocycles. The molecule has 6 heteroatoms. The van der Waals surface area contributed by atoms with Gasteiger partial charge in [0.1, 0.15) is 5.82 Å². The van der Waals surface area contributed by atoms with Gasteiger partial charge in [0.25, 0.3) is 5.91 Å². The van der Waals surface area contributed by atoms with Crippen molar-refractivity contribution in [1.29, 1.82) is 0 Å². The maximum atomic E-state index is 13.9. The number of likely N-dealkylation sites (tertiary alicyclic amines) is 1. The number of nitrogens with zero attached hydrogens (tertiary/aromatic N) is 3. The number of para-hydroxylation sites is 2. The van der Waals surface area contributed by atoms with Gasteiger partial charge in [0.2, 0.25) is 5.95 Å². The normalized spacial score (nSPS) is 14.8. The molecule has 26 heavy (non-hydrogen) atoms. The molecular weight excluding hydrogens is 331 g/mol. The zero-order chi connectivity index (χ0) is 17.9. The number of benzene rings is 2. The van der Waals surface area contributed by atoms with Crippen molar-refractivity contribution in [2.75, 3.05) is 25.0 Å². The molecule has 1 amide bonds. The number of hydrogen-bond acceptors (Lipinski definition) is 3. The molecule has 4 rings (SSSR count). The first kappa shape index (κ1) is 16.7. The Kier molecular flexibility index (Phi) is 4.67. The first-order chi connectivity index (χ1) is 12.7. The summed E-state index contributed by atoms with van der Waals surface area (Å²) in [6.07, 6.45) is 2.48. The van der Waals surface area contributed by atoms with Crippen LogP contribution in [-0.4, -0.2) is 40.0 Å². The summed E-state index contributed by atoms with van der Waals surface area (Å²) in [5, 5.41) is 2.79. The fourth-order valence-corrected chi connectivity index (χ4v) is 3.46. The Bertz CT molecular complexity index is 930. The molecule has 0 unspecified atom stereocenters. The number of nitrogens with one attached hydrogen (secondary N) is 1. The molecule has 1 fully saturated rings. The second-order valence-electron chi connectivity index (χ2n) is 6.56. The van der Waals surface area contributed by atoms with Crippen molar-refractivity contribution in [3.05, 3.63) is 59.9 Å². The van der Waals surface area contributed by atoms with Gasteiger partial charge in [-0.1, -0.05) is 24.3 Å². The summed E-state index contributed by atoms with van der Waals surface area (Å²) in [6, 6.07) is 13.8. The predicted molar refractivity (Wildman–Crippen MR) is 99.8 cm³/mol. The van der Waals surface area contributed by atoms with E-state index in [0.717, 1.165) is 37.2 Å². The first-order valence-corrected chi connectivity index (χ1v) is 8.96. The lowest BCUT2D eigenvalue weighted by Crippen LogP contribution is -2.25. The van der Waals surface area contributed by atoms with Crippen LogP contribution in [0.5, 0.6) is 0 Å². The summed E-state index contributed by atoms with van der Waals surface area (Å²) in [5.41, 5.74) is 1.80. The van der Waals surface area contributed by atoms with E-state index < -0.39 is 11.7 Å². The molecule has 0 atom stereocenters. The average molecular weight is 352 g/mol. The number of halogens is 1. The zero-order valence-electron chi connectivity index (χ0n) is 14.5. The third-order valence-corrected chi connectivity index (χ3v) is 4.84. The molecule has 1 N–H and O–H groups in total. The van der Waals surface area contributed by atoms with Gasteiger partial charge in [-0.05, 0) is 50.2 Å². The summed E-state index contributed by atoms with van der Waals surface area (Å²) in [4.78, 5) is 19.5. The molecule has 2 heterocycles. The first-order valence-electron chi connectivity index (χ1n) is 8.96. The van der Waals surface area contributed by atoms with Crippen LogP contribution in [0.2, 0.25) is 0 Å². The Morgan fingerprint density at radius 3 is 2.58 bits per heavy atom. The second kappa shape index (κ2) is 7.25. The fourth-order valence-electron chi connectivity index (χ4n) is 3.46. The van der Waals surface area contributed by atoms with Crippen LogP contribution < -0.4 is 5.32 Å². The van der Waals surface area contributed by atoms with Crippen molar-refractivity contribution in [2.45, 2.75) is 19.4 Å². The summed E-state index contributed by atoms with van der Waals surface area (Å²) >= 11 is 0. The van der Waals surface area contributed by atoms with E-state index in [4.69, 9.17) is 0 Å². The van der Waals surface area contributed by atoms with E-state index in [1.165, 1.54) is 25.0 Å². The maximum Gasteiger partial charge on any atom is 0.260 e. The lowest BCUT2D eigenvalue weighted by Gasteiger charge is -2.16. The quantitative estimate of drug-likeness (QED) is 0.764. The SMILES string of the molecule is O=C(Nc1nc2ccccc2n1CCN1CCCC1)c1ccccc1F. The number of amides is 1. The van der Waals surface area contributed by atoms with Gasteiger partial charge in [-0.3, -0.25) is 10.1 Å². The Morgan fingerprint density at radius 1 is 1.04 bits per heavy atom. The van der Waals surface area contributed by atoms with Crippen LogP contribution in [0.25, 0.3) is 11.0 Å². The van der Waals surface area contributed by atoms with Crippen LogP contribution in [0.15, 0.2) is 48.5 Å². The molecule has 1 aliphatic heterocycles. The summed E-state index contributed by atoms with van der Waals surface area (Å²) in [6.45, 7) is 3.86. The smallest absolute Gasteiger partial charge is 0.260 e. The highest BCUT2D eigenvalue weighted by atomic mass is 19.1. The number of anilines is 1. The highest BCUT2D eigenvalue weighted by molar-refractivity contribution is 6.04. The number of imidazole rings is 1. The molecule has 0 bridgehead atoms. The summed E-state index contributed by atoms with van der Waals surface area (Å²) in [7, 11) is 0. The molecule has 134 valence electrons. The van der Waals surface area contributed by atoms with Crippen LogP contribution >= 0.6 is 0 Å². The van der Waals surface area contributed by atoms with Crippen LogP contribution in [0, 0.1) is 5.82 Å². The van der Waals surface area contributed by atoms with Crippen LogP contribution in [0.4, 0.5) is 10.3 Å². The van der Waals surface area contributed by atoms with E-state index in [9.17, 15) is 9.18 Å². The summed E-state index contributed by atoms with van der Waals surface area (Å²) in [5.74, 6) is -0.566. The molecule has 2 aromatic carbocycles. The molecule has 3 aromatic rings. The molecule has 1 aromatic heterocycles. The number of carbonyl (C=O) groups is 1. The van der Waals surface area contributed by atoms with Crippen molar-refractivity contribution in [3.8, 4) is 0 Å². The van der Waals surface area contributed by atoms with Gasteiger partial charge in [-0.15, -0.1) is 0 Å². The number of rotatable bonds is 5. The number of fused-ring (bicyclic) bond motifs is 1. The van der Waals surface area contributed by atoms with Gasteiger partial charge in [0, 0.05) is 13.1 Å². The van der Waals surface area contributed by atoms with Crippen molar-refractivity contribution < 1.29 is 9.18 Å². The third kappa shape index (κ3) is 3.32. The van der Waals surface area contributed by atoms with E-state index in [2.05, 4.69) is 15.2 Å². The largest absolute Gasteiger partial charge is 0.309 e. The average Bonchev–Trinajstić information content (AvgIpc) is 3.27. The molecular formula is C20H21FN4O. The number of aromatic nitrogens is 2. The lowest BCUT2D eigenvalue weighted by atomic mass is 10.2. The van der Waals surface area contributed by atoms with E-state index in [1.807, 2.05) is 28.8 Å². The second-order valence-corrected chi connectivity index (χ2v) is 6.56. The van der Waals surface area contributed by atoms with Crippen molar-refractivity contribution in [2.24, 2.45) is 0 Å². The van der Waals surface area contributed by atoms with Crippen molar-refractivity contribution >= 4 is 22.9 Å². The van der Waals surface area contributed by atoms with E-state index in [-0.39, 0.29) is 5.56 Å². The standard InChI is InChI=1S/C20H21FN4O/c21-16-8-2-1-7-15(16)19(26)23-20-22-17-9-3-4-10-18(17)25(20)14-13-24-11-5-6-12-24/h1-4,7-10H,5-6,11-14H2,(H,22,23,26). The van der Waals surface area contributed by atoms with Crippen LogP contribution in [-0.2, 0) is 6.54 Å². The molecule has 0 spiro atoms. The van der Waals surface area contributed by atoms with E-state index >= 15 is 0 Å². The molecule has 0 aliphatic carbocycles. The minimum Gasteiger partial charge on any atom is -0.309 e. The Labute approximate surface area is 151 Å². The molecule has 1 aliphatic rings. The van der Waals surface area contributed by atoms with Crippen LogP contribution in [0.3, 0.4) is 0 Å². The van der Waals surface area contributed by atoms with Crippen molar-refractivity contribution in [3.63, 3.8) is 0 Å². The van der Waals surface area contributed by atoms with Gasteiger partial charge < -0.3 is 9.47 Å². The van der Waals surface area contributed by atoms with Gasteiger partial charge in [-0.2, -0.15) is 0 Å². The summed E-state index contributed by atoms with van der Waals surface area (Å²) < 4.78 is 15.9. The topological polar surface area (TPSA) is 50.2 Å². The Morgan fingerprint density at radius 2 is 1.77 bits per heavy atom. The fraction of sp³-hybridized carbons (Fsp3) is 0.300. The predicted octanol–water partition coefficient (Wildman–Crippen LogP) is 3.52. The maximum absolute atomic E-state index is 13.9. The highest BCUT2D eigenvalue weighted by Crippen LogP contribution is 2.21. The van der Waals surface area contributed by atoms with Crippen molar-refractivity contribution in [1.82, 2.24) is 14.5 Å². The monoisotopic (exact) mass is 352 g/mol. The van der Waals surface area contributed by atoms with Gasteiger partial charge in [0.15, 0.2) is 0 Å². The zero-order valence-corrected chi connectivity index (χ0v) is 14.5.